The summed E-state index contributed by atoms with van der Waals surface area (Å²) in [4.78, 5) is 8.63. The number of guanidine groups is 1. The van der Waals surface area contributed by atoms with Gasteiger partial charge in [0.1, 0.15) is 11.5 Å². The molecule has 148 valence electrons. The zero-order valence-corrected chi connectivity index (χ0v) is 17.5. The van der Waals surface area contributed by atoms with Gasteiger partial charge in [-0.2, -0.15) is 0 Å². The van der Waals surface area contributed by atoms with Gasteiger partial charge in [0.05, 0.1) is 19.9 Å². The molecule has 0 fully saturated rings. The topological polar surface area (TPSA) is 71.7 Å². The summed E-state index contributed by atoms with van der Waals surface area (Å²) >= 11 is 0. The first kappa shape index (κ1) is 20.8. The van der Waals surface area contributed by atoms with E-state index in [9.17, 15) is 0 Å². The van der Waals surface area contributed by atoms with Crippen molar-refractivity contribution in [2.75, 3.05) is 20.7 Å². The lowest BCUT2D eigenvalue weighted by Crippen LogP contribution is -2.43. The Balaban J connectivity index is 1.93. The molecule has 0 aliphatic heterocycles. The number of rotatable bonds is 6. The summed E-state index contributed by atoms with van der Waals surface area (Å²) in [5, 5.41) is 6.64. The predicted octanol–water partition coefficient (Wildman–Crippen LogP) is 3.62. The highest BCUT2D eigenvalue weighted by Crippen LogP contribution is 2.26. The molecule has 2 N–H and O–H groups in total. The maximum Gasteiger partial charge on any atom is 0.213 e. The number of nitrogens with zero attached hydrogens (tertiary/aromatic N) is 2. The molecule has 2 rings (SSSR count). The summed E-state index contributed by atoms with van der Waals surface area (Å²) in [5.41, 5.74) is 1.06. The third-order valence-electron chi connectivity index (χ3n) is 4.47. The highest BCUT2D eigenvalue weighted by molar-refractivity contribution is 5.79. The van der Waals surface area contributed by atoms with Crippen LogP contribution < -0.4 is 15.4 Å². The van der Waals surface area contributed by atoms with Gasteiger partial charge >= 0.3 is 0 Å². The van der Waals surface area contributed by atoms with Crippen molar-refractivity contribution in [1.29, 1.82) is 0 Å². The molecule has 1 heterocycles. The average Bonchev–Trinajstić information content (AvgIpc) is 3.11. The van der Waals surface area contributed by atoms with Crippen LogP contribution in [0.4, 0.5) is 0 Å². The third kappa shape index (κ3) is 5.74. The van der Waals surface area contributed by atoms with Crippen LogP contribution in [0.3, 0.4) is 0 Å². The zero-order valence-electron chi connectivity index (χ0n) is 17.5. The fourth-order valence-corrected chi connectivity index (χ4v) is 2.57. The molecular weight excluding hydrogens is 340 g/mol. The number of benzene rings is 1. The minimum absolute atomic E-state index is 0.0497. The largest absolute Gasteiger partial charge is 0.497 e. The monoisotopic (exact) mass is 372 g/mol. The van der Waals surface area contributed by atoms with Crippen LogP contribution in [-0.4, -0.2) is 31.6 Å². The van der Waals surface area contributed by atoms with Gasteiger partial charge in [-0.25, -0.2) is 4.98 Å². The first-order valence-electron chi connectivity index (χ1n) is 9.20. The summed E-state index contributed by atoms with van der Waals surface area (Å²) in [6.07, 6.45) is 1.79. The Bertz CT molecular complexity index is 772. The quantitative estimate of drug-likeness (QED) is 0.598. The number of ether oxygens (including phenoxy) is 1. The molecule has 2 aromatic rings. The molecule has 0 unspecified atom stereocenters. The number of nitrogens with one attached hydrogen (secondary N) is 2. The van der Waals surface area contributed by atoms with Gasteiger partial charge in [-0.3, -0.25) is 4.99 Å². The van der Waals surface area contributed by atoms with Crippen LogP contribution >= 0.6 is 0 Å². The van der Waals surface area contributed by atoms with Gasteiger partial charge in [-0.05, 0) is 17.7 Å². The fraction of sp³-hybridized carbons (Fsp3) is 0.524. The average molecular weight is 373 g/mol. The van der Waals surface area contributed by atoms with Crippen LogP contribution in [0.25, 0.3) is 0 Å². The van der Waals surface area contributed by atoms with Crippen LogP contribution in [0.2, 0.25) is 0 Å². The standard InChI is InChI=1S/C21H32N4O2/c1-20(2,3)17-12-23-18(27-17)13-24-19(22-6)25-14-21(4,5)15-9-8-10-16(11-15)26-7/h8-12H,13-14H2,1-7H3,(H2,22,24,25). The Kier molecular flexibility index (Phi) is 6.52. The molecule has 0 amide bonds. The van der Waals surface area contributed by atoms with Crippen molar-refractivity contribution in [3.05, 3.63) is 47.7 Å². The van der Waals surface area contributed by atoms with E-state index in [1.807, 2.05) is 12.1 Å². The lowest BCUT2D eigenvalue weighted by molar-refractivity contribution is 0.379. The Morgan fingerprint density at radius 1 is 1.19 bits per heavy atom. The van der Waals surface area contributed by atoms with Gasteiger partial charge in [0, 0.05) is 24.4 Å². The fourth-order valence-electron chi connectivity index (χ4n) is 2.57. The summed E-state index contributed by atoms with van der Waals surface area (Å²) in [5.74, 6) is 3.10. The molecule has 0 saturated heterocycles. The van der Waals surface area contributed by atoms with E-state index in [2.05, 4.69) is 67.4 Å². The molecule has 6 heteroatoms. The number of methoxy groups -OCH3 is 1. The second kappa shape index (κ2) is 8.46. The van der Waals surface area contributed by atoms with E-state index in [1.54, 1.807) is 20.4 Å². The van der Waals surface area contributed by atoms with Crippen LogP contribution in [-0.2, 0) is 17.4 Å². The molecule has 0 aliphatic rings. The first-order valence-corrected chi connectivity index (χ1v) is 9.20. The molecule has 1 aromatic heterocycles. The predicted molar refractivity (Wildman–Crippen MR) is 109 cm³/mol. The number of aliphatic imine (C=N–C) groups is 1. The number of hydrogen-bond acceptors (Lipinski definition) is 4. The lowest BCUT2D eigenvalue weighted by Gasteiger charge is -2.27. The van der Waals surface area contributed by atoms with E-state index >= 15 is 0 Å². The van der Waals surface area contributed by atoms with Gasteiger partial charge in [0.25, 0.3) is 0 Å². The molecule has 0 bridgehead atoms. The number of aromatic nitrogens is 1. The second-order valence-corrected chi connectivity index (χ2v) is 8.26. The molecule has 0 saturated carbocycles. The van der Waals surface area contributed by atoms with Crippen molar-refractivity contribution in [2.24, 2.45) is 4.99 Å². The maximum atomic E-state index is 5.81. The summed E-state index contributed by atoms with van der Waals surface area (Å²) in [6, 6.07) is 8.15. The second-order valence-electron chi connectivity index (χ2n) is 8.26. The van der Waals surface area contributed by atoms with Crippen LogP contribution in [0.15, 0.2) is 39.9 Å². The first-order chi connectivity index (χ1) is 12.7. The van der Waals surface area contributed by atoms with Gasteiger partial charge < -0.3 is 19.8 Å². The molecule has 27 heavy (non-hydrogen) atoms. The maximum absolute atomic E-state index is 5.81. The van der Waals surface area contributed by atoms with E-state index < -0.39 is 0 Å². The van der Waals surface area contributed by atoms with Crippen LogP contribution in [0, 0.1) is 0 Å². The van der Waals surface area contributed by atoms with Crippen molar-refractivity contribution in [2.45, 2.75) is 52.0 Å². The molecule has 0 aliphatic carbocycles. The number of hydrogen-bond donors (Lipinski definition) is 2. The summed E-state index contributed by atoms with van der Waals surface area (Å²) in [7, 11) is 3.44. The lowest BCUT2D eigenvalue weighted by atomic mass is 9.84. The normalized spacial score (nSPS) is 12.8. The smallest absolute Gasteiger partial charge is 0.213 e. The SMILES string of the molecule is CN=C(NCc1ncc(C(C)(C)C)o1)NCC(C)(C)c1cccc(OC)c1. The van der Waals surface area contributed by atoms with Crippen molar-refractivity contribution in [3.63, 3.8) is 0 Å². The minimum Gasteiger partial charge on any atom is -0.497 e. The van der Waals surface area contributed by atoms with E-state index in [4.69, 9.17) is 9.15 Å². The van der Waals surface area contributed by atoms with Gasteiger partial charge in [-0.15, -0.1) is 0 Å². The molecule has 6 nitrogen and oxygen atoms in total. The Hall–Kier alpha value is -2.50. The van der Waals surface area contributed by atoms with E-state index in [-0.39, 0.29) is 10.8 Å². The molecule has 0 atom stereocenters. The van der Waals surface area contributed by atoms with Crippen LogP contribution in [0.5, 0.6) is 5.75 Å². The Labute approximate surface area is 162 Å². The van der Waals surface area contributed by atoms with Gasteiger partial charge in [-0.1, -0.05) is 46.8 Å². The van der Waals surface area contributed by atoms with Crippen molar-refractivity contribution in [3.8, 4) is 5.75 Å². The molecule has 0 radical (unpaired) electrons. The van der Waals surface area contributed by atoms with Crippen molar-refractivity contribution in [1.82, 2.24) is 15.6 Å². The Morgan fingerprint density at radius 3 is 2.52 bits per heavy atom. The number of oxazole rings is 1. The van der Waals surface area contributed by atoms with Gasteiger partial charge in [0.15, 0.2) is 5.96 Å². The summed E-state index contributed by atoms with van der Waals surface area (Å²) < 4.78 is 11.1. The highest BCUT2D eigenvalue weighted by Gasteiger charge is 2.22. The summed E-state index contributed by atoms with van der Waals surface area (Å²) in [6.45, 7) is 11.9. The van der Waals surface area contributed by atoms with Crippen molar-refractivity contribution >= 4 is 5.96 Å². The van der Waals surface area contributed by atoms with E-state index in [1.165, 1.54) is 5.56 Å². The third-order valence-corrected chi connectivity index (χ3v) is 4.47. The zero-order chi connectivity index (χ0) is 20.1. The minimum atomic E-state index is -0.0888. The molecule has 0 spiro atoms. The Morgan fingerprint density at radius 2 is 1.93 bits per heavy atom. The van der Waals surface area contributed by atoms with Gasteiger partial charge in [0.2, 0.25) is 5.89 Å². The van der Waals surface area contributed by atoms with E-state index in [0.29, 0.717) is 18.4 Å². The highest BCUT2D eigenvalue weighted by atomic mass is 16.5. The molecule has 1 aromatic carbocycles. The van der Waals surface area contributed by atoms with Crippen LogP contribution in [0.1, 0.15) is 51.8 Å². The molecular formula is C21H32N4O2. The van der Waals surface area contributed by atoms with Crippen molar-refractivity contribution < 1.29 is 9.15 Å². The van der Waals surface area contributed by atoms with E-state index in [0.717, 1.165) is 18.1 Å².